The van der Waals surface area contributed by atoms with Gasteiger partial charge >= 0.3 is 0 Å². The minimum Gasteiger partial charge on any atom is -0.496 e. The smallest absolute Gasteiger partial charge is 0.125 e. The zero-order valence-electron chi connectivity index (χ0n) is 10.8. The van der Waals surface area contributed by atoms with Gasteiger partial charge in [0.05, 0.1) is 7.11 Å². The first-order valence-electron chi connectivity index (χ1n) is 6.19. The third kappa shape index (κ3) is 2.50. The second-order valence-corrected chi connectivity index (χ2v) is 5.64. The summed E-state index contributed by atoms with van der Waals surface area (Å²) in [6, 6.07) is 2.18. The van der Waals surface area contributed by atoms with Crippen LogP contribution in [-0.4, -0.2) is 20.2 Å². The molecule has 0 spiro atoms. The Balaban J connectivity index is 2.44. The number of nitrogens with one attached hydrogen (secondary N) is 1. The van der Waals surface area contributed by atoms with Crippen molar-refractivity contribution in [1.29, 1.82) is 0 Å². The normalized spacial score (nSPS) is 20.4. The number of hydrogen-bond acceptors (Lipinski definition) is 2. The Kier molecular flexibility index (Phi) is 4.10. The minimum absolute atomic E-state index is 0.604. The van der Waals surface area contributed by atoms with Gasteiger partial charge in [-0.1, -0.05) is 15.9 Å². The van der Waals surface area contributed by atoms with Gasteiger partial charge < -0.3 is 10.1 Å². The van der Waals surface area contributed by atoms with Crippen molar-refractivity contribution in [2.45, 2.75) is 32.6 Å². The van der Waals surface area contributed by atoms with Gasteiger partial charge in [0, 0.05) is 11.0 Å². The van der Waals surface area contributed by atoms with E-state index in [-0.39, 0.29) is 0 Å². The van der Waals surface area contributed by atoms with Gasteiger partial charge in [-0.15, -0.1) is 0 Å². The molecular formula is C14H20BrNO. The molecule has 1 N–H and O–H groups in total. The van der Waals surface area contributed by atoms with E-state index in [1.165, 1.54) is 34.0 Å². The topological polar surface area (TPSA) is 21.3 Å². The van der Waals surface area contributed by atoms with Gasteiger partial charge in [0.25, 0.3) is 0 Å². The summed E-state index contributed by atoms with van der Waals surface area (Å²) in [5.41, 5.74) is 3.90. The molecule has 0 saturated carbocycles. The lowest BCUT2D eigenvalue weighted by Crippen LogP contribution is -2.29. The van der Waals surface area contributed by atoms with E-state index < -0.39 is 0 Å². The summed E-state index contributed by atoms with van der Waals surface area (Å²) in [4.78, 5) is 0. The fourth-order valence-corrected chi connectivity index (χ4v) is 3.81. The minimum atomic E-state index is 0.604. The van der Waals surface area contributed by atoms with Crippen LogP contribution in [0.3, 0.4) is 0 Å². The maximum absolute atomic E-state index is 5.52. The van der Waals surface area contributed by atoms with Crippen molar-refractivity contribution >= 4 is 15.9 Å². The van der Waals surface area contributed by atoms with Crippen molar-refractivity contribution in [2.24, 2.45) is 0 Å². The van der Waals surface area contributed by atoms with Crippen LogP contribution in [0.1, 0.15) is 35.4 Å². The molecule has 0 amide bonds. The highest BCUT2D eigenvalue weighted by Gasteiger charge is 2.22. The third-order valence-corrected chi connectivity index (χ3v) is 4.27. The van der Waals surface area contributed by atoms with Crippen molar-refractivity contribution in [3.8, 4) is 5.75 Å². The van der Waals surface area contributed by atoms with Crippen LogP contribution in [0.25, 0.3) is 0 Å². The van der Waals surface area contributed by atoms with Gasteiger partial charge in [0.1, 0.15) is 5.75 Å². The Morgan fingerprint density at radius 1 is 1.41 bits per heavy atom. The highest BCUT2D eigenvalue weighted by Crippen LogP contribution is 2.38. The van der Waals surface area contributed by atoms with Crippen molar-refractivity contribution in [2.75, 3.05) is 20.2 Å². The van der Waals surface area contributed by atoms with Gasteiger partial charge in [0.2, 0.25) is 0 Å². The first-order valence-corrected chi connectivity index (χ1v) is 6.98. The molecule has 1 heterocycles. The van der Waals surface area contributed by atoms with E-state index in [0.29, 0.717) is 5.92 Å². The van der Waals surface area contributed by atoms with E-state index in [1.807, 2.05) is 0 Å². The molecule has 1 fully saturated rings. The highest BCUT2D eigenvalue weighted by molar-refractivity contribution is 9.10. The molecule has 3 heteroatoms. The molecule has 2 nitrogen and oxygen atoms in total. The second-order valence-electron chi connectivity index (χ2n) is 4.79. The maximum Gasteiger partial charge on any atom is 0.125 e. The van der Waals surface area contributed by atoms with Crippen LogP contribution < -0.4 is 10.1 Å². The monoisotopic (exact) mass is 297 g/mol. The summed E-state index contributed by atoms with van der Waals surface area (Å²) in [6.45, 7) is 6.49. The number of ether oxygens (including phenoxy) is 1. The van der Waals surface area contributed by atoms with Crippen LogP contribution in [-0.2, 0) is 0 Å². The molecular weight excluding hydrogens is 278 g/mol. The quantitative estimate of drug-likeness (QED) is 0.901. The zero-order valence-corrected chi connectivity index (χ0v) is 12.4. The SMILES string of the molecule is COc1c(C)cc(Br)c(C2CCCNC2)c1C. The van der Waals surface area contributed by atoms with Crippen LogP contribution >= 0.6 is 15.9 Å². The molecule has 1 aliphatic heterocycles. The predicted octanol–water partition coefficient (Wildman–Crippen LogP) is 3.54. The largest absolute Gasteiger partial charge is 0.496 e. The van der Waals surface area contributed by atoms with E-state index in [2.05, 4.69) is 41.2 Å². The Bertz CT molecular complexity index is 411. The van der Waals surface area contributed by atoms with E-state index >= 15 is 0 Å². The van der Waals surface area contributed by atoms with E-state index in [0.717, 1.165) is 18.8 Å². The molecule has 1 atom stereocenters. The average Bonchev–Trinajstić information content (AvgIpc) is 2.30. The number of hydrogen-bond donors (Lipinski definition) is 1. The first kappa shape index (κ1) is 12.9. The van der Waals surface area contributed by atoms with Gasteiger partial charge in [-0.2, -0.15) is 0 Å². The van der Waals surface area contributed by atoms with Crippen molar-refractivity contribution in [3.05, 3.63) is 27.2 Å². The second kappa shape index (κ2) is 5.40. The van der Waals surface area contributed by atoms with Gasteiger partial charge in [-0.3, -0.25) is 0 Å². The first-order chi connectivity index (χ1) is 8.15. The lowest BCUT2D eigenvalue weighted by molar-refractivity contribution is 0.404. The molecule has 1 aromatic carbocycles. The van der Waals surface area contributed by atoms with Crippen molar-refractivity contribution in [3.63, 3.8) is 0 Å². The lowest BCUT2D eigenvalue weighted by atomic mass is 9.87. The Hall–Kier alpha value is -0.540. The summed E-state index contributed by atoms with van der Waals surface area (Å²) in [5.74, 6) is 1.64. The number of piperidine rings is 1. The molecule has 1 saturated heterocycles. The van der Waals surface area contributed by atoms with Gasteiger partial charge in [-0.25, -0.2) is 0 Å². The molecule has 1 aliphatic rings. The summed E-state index contributed by atoms with van der Waals surface area (Å²) < 4.78 is 6.75. The molecule has 0 bridgehead atoms. The number of aryl methyl sites for hydroxylation is 1. The molecule has 1 aromatic rings. The van der Waals surface area contributed by atoms with Crippen LogP contribution in [0.4, 0.5) is 0 Å². The molecule has 2 rings (SSSR count). The molecule has 1 unspecified atom stereocenters. The number of halogens is 1. The van der Waals surface area contributed by atoms with Crippen LogP contribution in [0.2, 0.25) is 0 Å². The standard InChI is InChI=1S/C14H20BrNO/c1-9-7-12(15)13(10(2)14(9)17-3)11-5-4-6-16-8-11/h7,11,16H,4-6,8H2,1-3H3. The van der Waals surface area contributed by atoms with Crippen LogP contribution in [0.5, 0.6) is 5.75 Å². The lowest BCUT2D eigenvalue weighted by Gasteiger charge is -2.27. The molecule has 94 valence electrons. The van der Waals surface area contributed by atoms with Crippen molar-refractivity contribution in [1.82, 2.24) is 5.32 Å². The van der Waals surface area contributed by atoms with Crippen molar-refractivity contribution < 1.29 is 4.74 Å². The maximum atomic E-state index is 5.52. The van der Waals surface area contributed by atoms with Crippen LogP contribution in [0, 0.1) is 13.8 Å². The Morgan fingerprint density at radius 3 is 2.76 bits per heavy atom. The summed E-state index contributed by atoms with van der Waals surface area (Å²) in [7, 11) is 1.76. The molecule has 0 radical (unpaired) electrons. The fraction of sp³-hybridized carbons (Fsp3) is 0.571. The Morgan fingerprint density at radius 2 is 2.18 bits per heavy atom. The number of rotatable bonds is 2. The van der Waals surface area contributed by atoms with E-state index in [4.69, 9.17) is 4.74 Å². The van der Waals surface area contributed by atoms with E-state index in [1.54, 1.807) is 7.11 Å². The summed E-state index contributed by atoms with van der Waals surface area (Å²) in [6.07, 6.45) is 2.52. The predicted molar refractivity (Wildman–Crippen MR) is 75.0 cm³/mol. The van der Waals surface area contributed by atoms with Crippen LogP contribution in [0.15, 0.2) is 10.5 Å². The molecule has 0 aliphatic carbocycles. The summed E-state index contributed by atoms with van der Waals surface area (Å²) in [5, 5.41) is 3.48. The molecule has 0 aromatic heterocycles. The van der Waals surface area contributed by atoms with E-state index in [9.17, 15) is 0 Å². The fourth-order valence-electron chi connectivity index (χ4n) is 2.84. The third-order valence-electron chi connectivity index (χ3n) is 3.61. The van der Waals surface area contributed by atoms with Gasteiger partial charge in [0.15, 0.2) is 0 Å². The number of benzene rings is 1. The number of methoxy groups -OCH3 is 1. The highest BCUT2D eigenvalue weighted by atomic mass is 79.9. The average molecular weight is 298 g/mol. The Labute approximate surface area is 112 Å². The zero-order chi connectivity index (χ0) is 12.4. The summed E-state index contributed by atoms with van der Waals surface area (Å²) >= 11 is 3.71. The van der Waals surface area contributed by atoms with Gasteiger partial charge in [-0.05, 0) is 61.9 Å². The molecule has 17 heavy (non-hydrogen) atoms.